The zero-order chi connectivity index (χ0) is 8.60. The lowest BCUT2D eigenvalue weighted by atomic mass is 9.93. The third-order valence-corrected chi connectivity index (χ3v) is 3.94. The van der Waals surface area contributed by atoms with Crippen molar-refractivity contribution < 1.29 is 4.74 Å². The van der Waals surface area contributed by atoms with Gasteiger partial charge in [0.25, 0.3) is 0 Å². The summed E-state index contributed by atoms with van der Waals surface area (Å²) in [6.45, 7) is 3.12. The Hall–Kier alpha value is 0.890. The van der Waals surface area contributed by atoms with Crippen LogP contribution in [0.15, 0.2) is 4.99 Å². The van der Waals surface area contributed by atoms with Gasteiger partial charge in [-0.05, 0) is 0 Å². The lowest BCUT2D eigenvalue weighted by molar-refractivity contribution is 0.0451. The predicted molar refractivity (Wildman–Crippen MR) is 65.0 cm³/mol. The first-order valence-electron chi connectivity index (χ1n) is 4.00. The van der Waals surface area contributed by atoms with E-state index in [1.807, 2.05) is 0 Å². The minimum atomic E-state index is 0.0677. The average molecular weight is 392 g/mol. The highest BCUT2D eigenvalue weighted by molar-refractivity contribution is 14.1. The molecule has 0 amide bonds. The number of rotatable bonds is 0. The Kier molecular flexibility index (Phi) is 2.81. The number of ether oxygens (including phenoxy) is 1. The van der Waals surface area contributed by atoms with Gasteiger partial charge in [0.05, 0.1) is 6.54 Å². The van der Waals surface area contributed by atoms with Crippen molar-refractivity contribution in [3.63, 3.8) is 0 Å². The molecule has 2 aliphatic heterocycles. The quantitative estimate of drug-likeness (QED) is 0.466. The van der Waals surface area contributed by atoms with Crippen LogP contribution in [0, 0.1) is 0 Å². The van der Waals surface area contributed by atoms with E-state index in [4.69, 9.17) is 4.74 Å². The molecule has 12 heavy (non-hydrogen) atoms. The summed E-state index contributed by atoms with van der Waals surface area (Å²) < 4.78 is 8.90. The lowest BCUT2D eigenvalue weighted by Crippen LogP contribution is -2.43. The van der Waals surface area contributed by atoms with Crippen LogP contribution in [0.1, 0.15) is 12.8 Å². The standard InChI is InChI=1S/C7H10I2N2O/c8-6-10-5-7(12-6)1-3-11(9)4-2-7/h1-5H2. The molecule has 5 heteroatoms. The molecule has 0 aliphatic carbocycles. The van der Waals surface area contributed by atoms with E-state index in [9.17, 15) is 0 Å². The van der Waals surface area contributed by atoms with Crippen molar-refractivity contribution in [3.8, 4) is 0 Å². The SMILES string of the molecule is IC1=NCC2(CCN(I)CC2)O1. The van der Waals surface area contributed by atoms with E-state index in [1.165, 1.54) is 0 Å². The van der Waals surface area contributed by atoms with E-state index in [1.54, 1.807) is 0 Å². The molecule has 2 heterocycles. The second-order valence-corrected chi connectivity index (χ2v) is 5.55. The first-order chi connectivity index (χ1) is 5.70. The fourth-order valence-corrected chi connectivity index (χ4v) is 2.72. The maximum atomic E-state index is 5.74. The van der Waals surface area contributed by atoms with Gasteiger partial charge in [0.1, 0.15) is 5.60 Å². The highest BCUT2D eigenvalue weighted by Crippen LogP contribution is 2.32. The van der Waals surface area contributed by atoms with Gasteiger partial charge in [0.2, 0.25) is 3.90 Å². The van der Waals surface area contributed by atoms with Crippen LogP contribution in [0.2, 0.25) is 0 Å². The van der Waals surface area contributed by atoms with Crippen LogP contribution < -0.4 is 0 Å². The van der Waals surface area contributed by atoms with Crippen LogP contribution in [-0.2, 0) is 4.74 Å². The molecule has 0 aromatic carbocycles. The molecule has 1 fully saturated rings. The molecule has 2 rings (SSSR count). The van der Waals surface area contributed by atoms with Crippen LogP contribution in [-0.4, -0.2) is 32.3 Å². The lowest BCUT2D eigenvalue weighted by Gasteiger charge is -2.35. The fourth-order valence-electron chi connectivity index (χ4n) is 1.60. The zero-order valence-corrected chi connectivity index (χ0v) is 10.9. The first kappa shape index (κ1) is 9.45. The summed E-state index contributed by atoms with van der Waals surface area (Å²) >= 11 is 4.53. The van der Waals surface area contributed by atoms with E-state index in [-0.39, 0.29) is 5.60 Å². The first-order valence-corrected chi connectivity index (χ1v) is 6.04. The van der Waals surface area contributed by atoms with Crippen LogP contribution in [0.5, 0.6) is 0 Å². The third-order valence-electron chi connectivity index (χ3n) is 2.41. The molecule has 0 unspecified atom stereocenters. The Labute approximate surface area is 99.6 Å². The van der Waals surface area contributed by atoms with Crippen molar-refractivity contribution in [2.45, 2.75) is 18.4 Å². The summed E-state index contributed by atoms with van der Waals surface area (Å²) in [5, 5.41) is 0. The molecule has 1 spiro atoms. The maximum Gasteiger partial charge on any atom is 0.248 e. The number of piperidine rings is 1. The molecule has 68 valence electrons. The largest absolute Gasteiger partial charge is 0.465 e. The highest BCUT2D eigenvalue weighted by Gasteiger charge is 2.39. The summed E-state index contributed by atoms with van der Waals surface area (Å²) in [5.41, 5.74) is 0.0677. The van der Waals surface area contributed by atoms with Gasteiger partial charge in [-0.25, -0.2) is 8.11 Å². The van der Waals surface area contributed by atoms with Crippen molar-refractivity contribution >= 4 is 49.4 Å². The molecule has 2 aliphatic rings. The van der Waals surface area contributed by atoms with Crippen molar-refractivity contribution in [1.82, 2.24) is 3.11 Å². The molecule has 0 aromatic rings. The normalized spacial score (nSPS) is 28.7. The van der Waals surface area contributed by atoms with E-state index in [2.05, 4.69) is 53.6 Å². The number of nitrogens with zero attached hydrogens (tertiary/aromatic N) is 2. The van der Waals surface area contributed by atoms with Crippen molar-refractivity contribution in [2.24, 2.45) is 4.99 Å². The van der Waals surface area contributed by atoms with Gasteiger partial charge < -0.3 is 4.74 Å². The Morgan fingerprint density at radius 2 is 2.08 bits per heavy atom. The Morgan fingerprint density at radius 1 is 1.42 bits per heavy atom. The predicted octanol–water partition coefficient (Wildman–Crippen LogP) is 1.99. The maximum absolute atomic E-state index is 5.74. The van der Waals surface area contributed by atoms with E-state index < -0.39 is 0 Å². The molecule has 1 saturated heterocycles. The Bertz CT molecular complexity index is 211. The molecule has 3 nitrogen and oxygen atoms in total. The van der Waals surface area contributed by atoms with Gasteiger partial charge >= 0.3 is 0 Å². The number of halogens is 2. The van der Waals surface area contributed by atoms with Gasteiger partial charge in [-0.1, -0.05) is 0 Å². The van der Waals surface area contributed by atoms with Crippen molar-refractivity contribution in [2.75, 3.05) is 19.6 Å². The van der Waals surface area contributed by atoms with Gasteiger partial charge in [0, 0.05) is 71.4 Å². The highest BCUT2D eigenvalue weighted by atomic mass is 127. The molecule has 0 N–H and O–H groups in total. The van der Waals surface area contributed by atoms with Crippen LogP contribution >= 0.6 is 45.5 Å². The Balaban J connectivity index is 1.97. The monoisotopic (exact) mass is 392 g/mol. The number of aliphatic imine (C=N–C) groups is 1. The number of hydrogen-bond donors (Lipinski definition) is 0. The molecule has 0 bridgehead atoms. The minimum Gasteiger partial charge on any atom is -0.465 e. The summed E-state index contributed by atoms with van der Waals surface area (Å²) in [4.78, 5) is 4.30. The zero-order valence-electron chi connectivity index (χ0n) is 6.59. The molecule has 0 aromatic heterocycles. The second-order valence-electron chi connectivity index (χ2n) is 3.26. The van der Waals surface area contributed by atoms with Gasteiger partial charge in [-0.15, -0.1) is 0 Å². The van der Waals surface area contributed by atoms with Gasteiger partial charge in [-0.3, -0.25) is 0 Å². The molecule has 0 radical (unpaired) electrons. The van der Waals surface area contributed by atoms with E-state index in [0.717, 1.165) is 36.4 Å². The molecular formula is C7H10I2N2O. The Morgan fingerprint density at radius 3 is 2.58 bits per heavy atom. The molecule has 0 atom stereocenters. The van der Waals surface area contributed by atoms with Gasteiger partial charge in [-0.2, -0.15) is 0 Å². The second kappa shape index (κ2) is 3.56. The smallest absolute Gasteiger partial charge is 0.248 e. The summed E-state index contributed by atoms with van der Waals surface area (Å²) in [6.07, 6.45) is 2.23. The van der Waals surface area contributed by atoms with E-state index in [0.29, 0.717) is 0 Å². The summed E-state index contributed by atoms with van der Waals surface area (Å²) in [5.74, 6) is 0. The van der Waals surface area contributed by atoms with Crippen LogP contribution in [0.25, 0.3) is 0 Å². The minimum absolute atomic E-state index is 0.0677. The van der Waals surface area contributed by atoms with Crippen molar-refractivity contribution in [3.05, 3.63) is 0 Å². The summed E-state index contributed by atoms with van der Waals surface area (Å²) in [6, 6.07) is 0. The third kappa shape index (κ3) is 1.87. The average Bonchev–Trinajstić information content (AvgIpc) is 2.40. The fraction of sp³-hybridized carbons (Fsp3) is 0.857. The van der Waals surface area contributed by atoms with Crippen molar-refractivity contribution in [1.29, 1.82) is 0 Å². The number of hydrogen-bond acceptors (Lipinski definition) is 3. The molecular weight excluding hydrogens is 382 g/mol. The summed E-state index contributed by atoms with van der Waals surface area (Å²) in [7, 11) is 0. The van der Waals surface area contributed by atoms with Crippen LogP contribution in [0.4, 0.5) is 0 Å². The molecule has 0 saturated carbocycles. The van der Waals surface area contributed by atoms with E-state index >= 15 is 0 Å². The van der Waals surface area contributed by atoms with Gasteiger partial charge in [0.15, 0.2) is 0 Å². The topological polar surface area (TPSA) is 24.8 Å². The van der Waals surface area contributed by atoms with Crippen LogP contribution in [0.3, 0.4) is 0 Å².